The van der Waals surface area contributed by atoms with Gasteiger partial charge in [0.2, 0.25) is 5.91 Å². The second-order valence-corrected chi connectivity index (χ2v) is 8.45. The molecule has 0 N–H and O–H groups in total. The smallest absolute Gasteiger partial charge is 0.276 e. The van der Waals surface area contributed by atoms with Crippen LogP contribution in [0.3, 0.4) is 0 Å². The maximum atomic E-state index is 12.8. The second kappa shape index (κ2) is 5.81. The third-order valence-electron chi connectivity index (χ3n) is 6.22. The van der Waals surface area contributed by atoms with E-state index < -0.39 is 0 Å². The zero-order chi connectivity index (χ0) is 18.0. The molecule has 0 spiro atoms. The van der Waals surface area contributed by atoms with Gasteiger partial charge in [-0.15, -0.1) is 0 Å². The average Bonchev–Trinajstić information content (AvgIpc) is 3.47. The van der Waals surface area contributed by atoms with Gasteiger partial charge in [-0.25, -0.2) is 0 Å². The van der Waals surface area contributed by atoms with Crippen LogP contribution in [0.2, 0.25) is 0 Å². The predicted octanol–water partition coefficient (Wildman–Crippen LogP) is 1.51. The van der Waals surface area contributed by atoms with E-state index in [1.165, 1.54) is 0 Å². The van der Waals surface area contributed by atoms with Gasteiger partial charge in [-0.05, 0) is 38.5 Å². The quantitative estimate of drug-likeness (QED) is 0.818. The first-order chi connectivity index (χ1) is 12.5. The molecule has 5 rings (SSSR count). The van der Waals surface area contributed by atoms with Gasteiger partial charge in [-0.1, -0.05) is 5.16 Å². The Bertz CT molecular complexity index is 721. The SMILES string of the molecule is C[C@@H]1CN(C(=O)C2[C@H]3CN(C(=O)c4cc(C5CC5)on4)C[C@@H]23)C[C@H](C)O1. The molecule has 3 heterocycles. The van der Waals surface area contributed by atoms with Crippen molar-refractivity contribution < 1.29 is 18.8 Å². The normalized spacial score (nSPS) is 36.2. The van der Waals surface area contributed by atoms with E-state index in [-0.39, 0.29) is 29.9 Å². The van der Waals surface area contributed by atoms with E-state index in [9.17, 15) is 9.59 Å². The Hall–Kier alpha value is -1.89. The van der Waals surface area contributed by atoms with E-state index in [4.69, 9.17) is 9.26 Å². The van der Waals surface area contributed by atoms with Crippen LogP contribution in [0.5, 0.6) is 0 Å². The number of amides is 2. The number of fused-ring (bicyclic) bond motifs is 1. The number of likely N-dealkylation sites (tertiary alicyclic amines) is 1. The van der Waals surface area contributed by atoms with Gasteiger partial charge in [-0.3, -0.25) is 9.59 Å². The van der Waals surface area contributed by atoms with Crippen molar-refractivity contribution in [3.05, 3.63) is 17.5 Å². The first-order valence-corrected chi connectivity index (χ1v) is 9.71. The number of carbonyl (C=O) groups is 2. The molecule has 7 heteroatoms. The number of piperidine rings is 1. The van der Waals surface area contributed by atoms with Crippen LogP contribution >= 0.6 is 0 Å². The molecule has 2 aliphatic heterocycles. The molecular weight excluding hydrogens is 334 g/mol. The summed E-state index contributed by atoms with van der Waals surface area (Å²) >= 11 is 0. The molecule has 1 aromatic heterocycles. The Kier molecular flexibility index (Phi) is 3.64. The fourth-order valence-corrected chi connectivity index (χ4v) is 4.74. The third-order valence-corrected chi connectivity index (χ3v) is 6.22. The van der Waals surface area contributed by atoms with Crippen LogP contribution in [0.25, 0.3) is 0 Å². The maximum Gasteiger partial charge on any atom is 0.276 e. The molecule has 0 radical (unpaired) electrons. The second-order valence-electron chi connectivity index (χ2n) is 8.45. The highest BCUT2D eigenvalue weighted by atomic mass is 16.5. The molecule has 2 aliphatic carbocycles. The molecule has 7 nitrogen and oxygen atoms in total. The lowest BCUT2D eigenvalue weighted by molar-refractivity contribution is -0.145. The molecular formula is C19H25N3O4. The molecule has 26 heavy (non-hydrogen) atoms. The first kappa shape index (κ1) is 16.3. The van der Waals surface area contributed by atoms with E-state index in [0.29, 0.717) is 49.6 Å². The van der Waals surface area contributed by atoms with Crippen LogP contribution < -0.4 is 0 Å². The summed E-state index contributed by atoms with van der Waals surface area (Å²) in [6.45, 7) is 6.67. The molecule has 5 atom stereocenters. The summed E-state index contributed by atoms with van der Waals surface area (Å²) in [7, 11) is 0. The monoisotopic (exact) mass is 359 g/mol. The lowest BCUT2D eigenvalue weighted by Gasteiger charge is -2.36. The molecule has 2 saturated heterocycles. The molecule has 0 aromatic carbocycles. The Morgan fingerprint density at radius 1 is 1.04 bits per heavy atom. The minimum absolute atomic E-state index is 0.0623. The fourth-order valence-electron chi connectivity index (χ4n) is 4.74. The molecule has 0 bridgehead atoms. The van der Waals surface area contributed by atoms with Crippen LogP contribution in [-0.4, -0.2) is 65.2 Å². The van der Waals surface area contributed by atoms with Gasteiger partial charge in [0.1, 0.15) is 5.76 Å². The van der Waals surface area contributed by atoms with Crippen molar-refractivity contribution in [1.29, 1.82) is 0 Å². The molecule has 2 saturated carbocycles. The number of nitrogens with zero attached hydrogens (tertiary/aromatic N) is 3. The molecule has 1 unspecified atom stereocenters. The number of hydrogen-bond acceptors (Lipinski definition) is 5. The van der Waals surface area contributed by atoms with E-state index in [1.807, 2.05) is 23.6 Å². The van der Waals surface area contributed by atoms with Crippen LogP contribution in [0.4, 0.5) is 0 Å². The van der Waals surface area contributed by atoms with Crippen molar-refractivity contribution in [3.8, 4) is 0 Å². The number of rotatable bonds is 3. The molecule has 1 aromatic rings. The van der Waals surface area contributed by atoms with Gasteiger partial charge in [0.05, 0.1) is 12.2 Å². The van der Waals surface area contributed by atoms with Gasteiger partial charge < -0.3 is 19.1 Å². The average molecular weight is 359 g/mol. The van der Waals surface area contributed by atoms with Crippen LogP contribution in [0, 0.1) is 17.8 Å². The van der Waals surface area contributed by atoms with Crippen molar-refractivity contribution in [3.63, 3.8) is 0 Å². The summed E-state index contributed by atoms with van der Waals surface area (Å²) in [4.78, 5) is 29.2. The lowest BCUT2D eigenvalue weighted by atomic mass is 10.1. The minimum atomic E-state index is -0.0623. The third kappa shape index (κ3) is 2.73. The maximum absolute atomic E-state index is 12.8. The largest absolute Gasteiger partial charge is 0.372 e. The van der Waals surface area contributed by atoms with Crippen molar-refractivity contribution in [1.82, 2.24) is 15.0 Å². The minimum Gasteiger partial charge on any atom is -0.372 e. The summed E-state index contributed by atoms with van der Waals surface area (Å²) in [5, 5.41) is 3.95. The number of aromatic nitrogens is 1. The van der Waals surface area contributed by atoms with Gasteiger partial charge in [0.25, 0.3) is 5.91 Å². The Morgan fingerprint density at radius 3 is 2.31 bits per heavy atom. The van der Waals surface area contributed by atoms with Crippen LogP contribution in [0.1, 0.15) is 48.9 Å². The number of carbonyl (C=O) groups excluding carboxylic acids is 2. The highest BCUT2D eigenvalue weighted by molar-refractivity contribution is 5.93. The number of hydrogen-bond donors (Lipinski definition) is 0. The van der Waals surface area contributed by atoms with Gasteiger partial charge in [0, 0.05) is 44.1 Å². The van der Waals surface area contributed by atoms with Crippen molar-refractivity contribution in [2.45, 2.75) is 44.8 Å². The van der Waals surface area contributed by atoms with E-state index in [2.05, 4.69) is 5.16 Å². The Morgan fingerprint density at radius 2 is 1.69 bits per heavy atom. The summed E-state index contributed by atoms with van der Waals surface area (Å²) < 4.78 is 11.0. The van der Waals surface area contributed by atoms with Crippen LogP contribution in [-0.2, 0) is 9.53 Å². The summed E-state index contributed by atoms with van der Waals surface area (Å²) in [5.74, 6) is 2.15. The topological polar surface area (TPSA) is 75.9 Å². The number of morpholine rings is 1. The van der Waals surface area contributed by atoms with Crippen molar-refractivity contribution >= 4 is 11.8 Å². The first-order valence-electron chi connectivity index (χ1n) is 9.71. The Labute approximate surface area is 152 Å². The lowest BCUT2D eigenvalue weighted by Crippen LogP contribution is -2.49. The highest BCUT2D eigenvalue weighted by Crippen LogP contribution is 2.53. The van der Waals surface area contributed by atoms with Crippen molar-refractivity contribution in [2.24, 2.45) is 17.8 Å². The zero-order valence-corrected chi connectivity index (χ0v) is 15.3. The summed E-state index contributed by atoms with van der Waals surface area (Å²) in [6, 6.07) is 1.79. The Balaban J connectivity index is 1.18. The van der Waals surface area contributed by atoms with E-state index >= 15 is 0 Å². The zero-order valence-electron chi connectivity index (χ0n) is 15.3. The molecule has 2 amide bonds. The van der Waals surface area contributed by atoms with Crippen molar-refractivity contribution in [2.75, 3.05) is 26.2 Å². The van der Waals surface area contributed by atoms with E-state index in [1.54, 1.807) is 6.07 Å². The molecule has 4 aliphatic rings. The standard InChI is InChI=1S/C19H25N3O4/c1-10-6-21(7-11(2)25-10)19(24)17-13-8-22(9-14(13)17)18(23)15-5-16(26-20-15)12-3-4-12/h5,10-14,17H,3-4,6-9H2,1-2H3/t10-,11+,13-,14+,17?. The number of ether oxygens (including phenoxy) is 1. The van der Waals surface area contributed by atoms with Gasteiger partial charge in [-0.2, -0.15) is 0 Å². The molecule has 4 fully saturated rings. The van der Waals surface area contributed by atoms with Gasteiger partial charge in [0.15, 0.2) is 5.69 Å². The van der Waals surface area contributed by atoms with Gasteiger partial charge >= 0.3 is 0 Å². The van der Waals surface area contributed by atoms with E-state index in [0.717, 1.165) is 18.6 Å². The highest BCUT2D eigenvalue weighted by Gasteiger charge is 2.61. The van der Waals surface area contributed by atoms with Crippen LogP contribution in [0.15, 0.2) is 10.6 Å². The summed E-state index contributed by atoms with van der Waals surface area (Å²) in [5.41, 5.74) is 0.409. The predicted molar refractivity (Wildman–Crippen MR) is 91.4 cm³/mol. The fraction of sp³-hybridized carbons (Fsp3) is 0.737. The molecule has 140 valence electrons. The summed E-state index contributed by atoms with van der Waals surface area (Å²) in [6.07, 6.45) is 2.43.